The van der Waals surface area contributed by atoms with Crippen LogP contribution in [-0.2, 0) is 6.54 Å². The number of anilines is 1. The fourth-order valence-corrected chi connectivity index (χ4v) is 3.70. The average molecular weight is 399 g/mol. The van der Waals surface area contributed by atoms with Crippen molar-refractivity contribution < 1.29 is 14.3 Å². The van der Waals surface area contributed by atoms with E-state index in [0.29, 0.717) is 30.1 Å². The Labute approximate surface area is 170 Å². The number of hydrogen-bond acceptors (Lipinski definition) is 6. The lowest BCUT2D eigenvalue weighted by molar-refractivity contribution is 0.102. The van der Waals surface area contributed by atoms with Gasteiger partial charge in [0.05, 0.1) is 6.61 Å². The van der Waals surface area contributed by atoms with E-state index in [1.54, 1.807) is 13.0 Å². The van der Waals surface area contributed by atoms with Crippen molar-refractivity contribution in [1.82, 2.24) is 10.2 Å². The predicted molar refractivity (Wildman–Crippen MR) is 112 cm³/mol. The van der Waals surface area contributed by atoms with Gasteiger partial charge in [-0.3, -0.25) is 9.69 Å². The van der Waals surface area contributed by atoms with E-state index in [2.05, 4.69) is 10.6 Å². The van der Waals surface area contributed by atoms with Crippen molar-refractivity contribution in [2.45, 2.75) is 32.2 Å². The lowest BCUT2D eigenvalue weighted by atomic mass is 9.95. The standard InChI is InChI=1S/C22H29N3O4/c1-15-11-19(17-6-4-8-23-13-17)29-22(28)20(15)21(27)24-18-7-3-5-16(12-18)14-25(2)9-10-26/h3,5,7,11-12,17,23,26H,4,6,8-10,13-14H2,1-2H3,(H,24,27). The third-order valence-electron chi connectivity index (χ3n) is 5.21. The van der Waals surface area contributed by atoms with Crippen molar-refractivity contribution in [3.05, 3.63) is 63.2 Å². The topological polar surface area (TPSA) is 94.8 Å². The van der Waals surface area contributed by atoms with E-state index in [1.165, 1.54) is 0 Å². The second-order valence-electron chi connectivity index (χ2n) is 7.65. The molecule has 1 amide bonds. The van der Waals surface area contributed by atoms with E-state index in [9.17, 15) is 9.59 Å². The van der Waals surface area contributed by atoms with Crippen LogP contribution in [0.5, 0.6) is 0 Å². The first-order chi connectivity index (χ1) is 14.0. The molecule has 0 aliphatic carbocycles. The maximum Gasteiger partial charge on any atom is 0.349 e. The molecule has 1 aliphatic heterocycles. The first-order valence-corrected chi connectivity index (χ1v) is 10.0. The van der Waals surface area contributed by atoms with Crippen molar-refractivity contribution in [2.24, 2.45) is 0 Å². The molecule has 0 radical (unpaired) electrons. The summed E-state index contributed by atoms with van der Waals surface area (Å²) in [6.45, 7) is 4.84. The van der Waals surface area contributed by atoms with Crippen LogP contribution in [0.4, 0.5) is 5.69 Å². The van der Waals surface area contributed by atoms with Crippen molar-refractivity contribution in [1.29, 1.82) is 0 Å². The van der Waals surface area contributed by atoms with Gasteiger partial charge in [-0.15, -0.1) is 0 Å². The normalized spacial score (nSPS) is 16.8. The molecule has 2 heterocycles. The summed E-state index contributed by atoms with van der Waals surface area (Å²) in [7, 11) is 1.92. The third-order valence-corrected chi connectivity index (χ3v) is 5.21. The molecule has 1 atom stereocenters. The van der Waals surface area contributed by atoms with Gasteiger partial charge in [-0.1, -0.05) is 12.1 Å². The zero-order chi connectivity index (χ0) is 20.8. The SMILES string of the molecule is Cc1cc(C2CCCNC2)oc(=O)c1C(=O)Nc1cccc(CN(C)CCO)c1. The molecule has 1 aromatic heterocycles. The number of aliphatic hydroxyl groups excluding tert-OH is 1. The summed E-state index contributed by atoms with van der Waals surface area (Å²) in [6.07, 6.45) is 2.01. The first-order valence-electron chi connectivity index (χ1n) is 10.0. The molecule has 1 unspecified atom stereocenters. The number of nitrogens with zero attached hydrogens (tertiary/aromatic N) is 1. The zero-order valence-electron chi connectivity index (χ0n) is 17.0. The van der Waals surface area contributed by atoms with Crippen LogP contribution in [-0.4, -0.2) is 49.2 Å². The largest absolute Gasteiger partial charge is 0.427 e. The van der Waals surface area contributed by atoms with E-state index < -0.39 is 11.5 Å². The Morgan fingerprint density at radius 3 is 2.90 bits per heavy atom. The van der Waals surface area contributed by atoms with Crippen LogP contribution < -0.4 is 16.3 Å². The fraction of sp³-hybridized carbons (Fsp3) is 0.455. The molecule has 29 heavy (non-hydrogen) atoms. The number of aliphatic hydroxyl groups is 1. The lowest BCUT2D eigenvalue weighted by Crippen LogP contribution is -2.30. The second-order valence-corrected chi connectivity index (χ2v) is 7.65. The molecule has 1 fully saturated rings. The molecule has 0 spiro atoms. The van der Waals surface area contributed by atoms with Crippen LogP contribution in [0.1, 0.15) is 46.0 Å². The molecule has 156 valence electrons. The Balaban J connectivity index is 1.74. The van der Waals surface area contributed by atoms with Gasteiger partial charge < -0.3 is 20.2 Å². The number of amides is 1. The molecule has 7 nitrogen and oxygen atoms in total. The van der Waals surface area contributed by atoms with E-state index in [4.69, 9.17) is 9.52 Å². The minimum absolute atomic E-state index is 0.0420. The maximum absolute atomic E-state index is 12.8. The summed E-state index contributed by atoms with van der Waals surface area (Å²) in [5.41, 5.74) is 1.69. The monoisotopic (exact) mass is 399 g/mol. The molecule has 3 rings (SSSR count). The number of piperidine rings is 1. The molecular formula is C22H29N3O4. The number of rotatable bonds is 7. The Hall–Kier alpha value is -2.48. The Kier molecular flexibility index (Phi) is 7.19. The highest BCUT2D eigenvalue weighted by Crippen LogP contribution is 2.24. The lowest BCUT2D eigenvalue weighted by Gasteiger charge is -2.22. The molecular weight excluding hydrogens is 370 g/mol. The molecule has 3 N–H and O–H groups in total. The summed E-state index contributed by atoms with van der Waals surface area (Å²) >= 11 is 0. The van der Waals surface area contributed by atoms with Crippen LogP contribution in [0.25, 0.3) is 0 Å². The minimum atomic E-state index is -0.595. The molecule has 0 saturated carbocycles. The summed E-state index contributed by atoms with van der Waals surface area (Å²) in [5, 5.41) is 15.1. The molecule has 1 aromatic carbocycles. The van der Waals surface area contributed by atoms with E-state index in [1.807, 2.05) is 36.2 Å². The van der Waals surface area contributed by atoms with Gasteiger partial charge in [0, 0.05) is 31.2 Å². The smallest absolute Gasteiger partial charge is 0.349 e. The average Bonchev–Trinajstić information content (AvgIpc) is 2.68. The Bertz CT molecular complexity index is 903. The van der Waals surface area contributed by atoms with Crippen LogP contribution in [0.2, 0.25) is 0 Å². The number of aryl methyl sites for hydroxylation is 1. The molecule has 1 saturated heterocycles. The number of hydrogen-bond donors (Lipinski definition) is 3. The first kappa shape index (κ1) is 21.2. The highest BCUT2D eigenvalue weighted by atomic mass is 16.4. The Morgan fingerprint density at radius 2 is 2.21 bits per heavy atom. The predicted octanol–water partition coefficient (Wildman–Crippen LogP) is 2.09. The van der Waals surface area contributed by atoms with Crippen LogP contribution in [0, 0.1) is 6.92 Å². The number of benzene rings is 1. The zero-order valence-corrected chi connectivity index (χ0v) is 17.0. The minimum Gasteiger partial charge on any atom is -0.427 e. The second kappa shape index (κ2) is 9.82. The van der Waals surface area contributed by atoms with Gasteiger partial charge >= 0.3 is 5.63 Å². The highest BCUT2D eigenvalue weighted by Gasteiger charge is 2.22. The van der Waals surface area contributed by atoms with Gasteiger partial charge in [-0.2, -0.15) is 0 Å². The van der Waals surface area contributed by atoms with Crippen molar-refractivity contribution in [3.63, 3.8) is 0 Å². The third kappa shape index (κ3) is 5.53. The summed E-state index contributed by atoms with van der Waals surface area (Å²) in [5.74, 6) is 0.343. The van der Waals surface area contributed by atoms with Gasteiger partial charge in [-0.05, 0) is 62.7 Å². The molecule has 7 heteroatoms. The fourth-order valence-electron chi connectivity index (χ4n) is 3.70. The van der Waals surface area contributed by atoms with E-state index in [0.717, 1.165) is 31.5 Å². The van der Waals surface area contributed by atoms with E-state index >= 15 is 0 Å². The summed E-state index contributed by atoms with van der Waals surface area (Å²) in [4.78, 5) is 27.3. The van der Waals surface area contributed by atoms with Crippen LogP contribution in [0.3, 0.4) is 0 Å². The van der Waals surface area contributed by atoms with Gasteiger partial charge in [-0.25, -0.2) is 4.79 Å². The number of carbonyl (C=O) groups is 1. The van der Waals surface area contributed by atoms with Gasteiger partial charge in [0.2, 0.25) is 0 Å². The summed E-state index contributed by atoms with van der Waals surface area (Å²) in [6, 6.07) is 9.27. The van der Waals surface area contributed by atoms with Gasteiger partial charge in [0.25, 0.3) is 5.91 Å². The van der Waals surface area contributed by atoms with Gasteiger partial charge in [0.15, 0.2) is 0 Å². The molecule has 2 aromatic rings. The van der Waals surface area contributed by atoms with Crippen molar-refractivity contribution >= 4 is 11.6 Å². The summed E-state index contributed by atoms with van der Waals surface area (Å²) < 4.78 is 5.50. The van der Waals surface area contributed by atoms with Crippen LogP contribution in [0.15, 0.2) is 39.5 Å². The van der Waals surface area contributed by atoms with E-state index in [-0.39, 0.29) is 18.1 Å². The maximum atomic E-state index is 12.8. The molecule has 1 aliphatic rings. The van der Waals surface area contributed by atoms with Crippen molar-refractivity contribution in [2.75, 3.05) is 38.6 Å². The quantitative estimate of drug-likeness (QED) is 0.660. The number of likely N-dealkylation sites (N-methyl/N-ethyl adjacent to an activating group) is 1. The number of nitrogens with one attached hydrogen (secondary N) is 2. The number of carbonyl (C=O) groups excluding carboxylic acids is 1. The van der Waals surface area contributed by atoms with Gasteiger partial charge in [0.1, 0.15) is 11.3 Å². The Morgan fingerprint density at radius 1 is 1.38 bits per heavy atom. The van der Waals surface area contributed by atoms with Crippen molar-refractivity contribution in [3.8, 4) is 0 Å². The highest BCUT2D eigenvalue weighted by molar-refractivity contribution is 6.04. The molecule has 0 bridgehead atoms. The van der Waals surface area contributed by atoms with Crippen LogP contribution >= 0.6 is 0 Å².